The van der Waals surface area contributed by atoms with Gasteiger partial charge in [-0.05, 0) is 52.3 Å². The Hall–Kier alpha value is -0.740. The van der Waals surface area contributed by atoms with Gasteiger partial charge in [0.1, 0.15) is 5.75 Å². The third-order valence-corrected chi connectivity index (χ3v) is 4.70. The molecule has 0 aliphatic carbocycles. The molecule has 1 atom stereocenters. The highest BCUT2D eigenvalue weighted by atomic mass is 79.9. The average molecular weight is 375 g/mol. The standard InChI is InChI=1S/C15H14BrCl2NO/c1-19-15(10-4-3-5-11(16)14(10)18)9-6-7-13(20-2)12(17)8-9/h3-8,15,19H,1-2H3. The van der Waals surface area contributed by atoms with Crippen molar-refractivity contribution in [1.82, 2.24) is 5.32 Å². The third-order valence-electron chi connectivity index (χ3n) is 3.09. The van der Waals surface area contributed by atoms with Crippen LogP contribution in [0.2, 0.25) is 10.0 Å². The van der Waals surface area contributed by atoms with Crippen LogP contribution in [0, 0.1) is 0 Å². The molecular weight excluding hydrogens is 361 g/mol. The maximum absolute atomic E-state index is 6.37. The van der Waals surface area contributed by atoms with E-state index < -0.39 is 0 Å². The Bertz CT molecular complexity index is 619. The smallest absolute Gasteiger partial charge is 0.137 e. The largest absolute Gasteiger partial charge is 0.495 e. The first-order chi connectivity index (χ1) is 9.58. The zero-order valence-electron chi connectivity index (χ0n) is 11.1. The molecule has 106 valence electrons. The van der Waals surface area contributed by atoms with Gasteiger partial charge in [-0.2, -0.15) is 0 Å². The molecule has 0 fully saturated rings. The Morgan fingerprint density at radius 3 is 2.55 bits per heavy atom. The van der Waals surface area contributed by atoms with E-state index in [-0.39, 0.29) is 6.04 Å². The van der Waals surface area contributed by atoms with Gasteiger partial charge in [0.2, 0.25) is 0 Å². The van der Waals surface area contributed by atoms with Gasteiger partial charge in [0.15, 0.2) is 0 Å². The van der Waals surface area contributed by atoms with Gasteiger partial charge >= 0.3 is 0 Å². The SMILES string of the molecule is CNC(c1ccc(OC)c(Cl)c1)c1cccc(Br)c1Cl. The topological polar surface area (TPSA) is 21.3 Å². The van der Waals surface area contributed by atoms with E-state index in [9.17, 15) is 0 Å². The molecule has 0 aromatic heterocycles. The molecule has 20 heavy (non-hydrogen) atoms. The molecule has 0 bridgehead atoms. The van der Waals surface area contributed by atoms with Gasteiger partial charge in [0.05, 0.1) is 23.2 Å². The normalized spacial score (nSPS) is 12.2. The highest BCUT2D eigenvalue weighted by molar-refractivity contribution is 9.10. The van der Waals surface area contributed by atoms with Crippen molar-refractivity contribution in [1.29, 1.82) is 0 Å². The lowest BCUT2D eigenvalue weighted by Gasteiger charge is -2.20. The maximum atomic E-state index is 6.37. The molecule has 2 nitrogen and oxygen atoms in total. The molecule has 2 aromatic carbocycles. The van der Waals surface area contributed by atoms with E-state index in [0.717, 1.165) is 15.6 Å². The summed E-state index contributed by atoms with van der Waals surface area (Å²) in [5.74, 6) is 0.658. The second-order valence-corrected chi connectivity index (χ2v) is 5.90. The van der Waals surface area contributed by atoms with Crippen molar-refractivity contribution in [2.75, 3.05) is 14.2 Å². The lowest BCUT2D eigenvalue weighted by molar-refractivity contribution is 0.414. The van der Waals surface area contributed by atoms with E-state index in [2.05, 4.69) is 21.2 Å². The summed E-state index contributed by atoms with van der Waals surface area (Å²) in [6, 6.07) is 11.5. The van der Waals surface area contributed by atoms with Crippen molar-refractivity contribution in [3.63, 3.8) is 0 Å². The molecule has 0 saturated carbocycles. The van der Waals surface area contributed by atoms with Crippen molar-refractivity contribution in [3.8, 4) is 5.75 Å². The first-order valence-corrected chi connectivity index (χ1v) is 7.58. The Morgan fingerprint density at radius 1 is 1.20 bits per heavy atom. The number of ether oxygens (including phenoxy) is 1. The van der Waals surface area contributed by atoms with Crippen molar-refractivity contribution in [3.05, 3.63) is 62.0 Å². The molecule has 0 aliphatic rings. The van der Waals surface area contributed by atoms with Crippen LogP contribution >= 0.6 is 39.1 Å². The summed E-state index contributed by atoms with van der Waals surface area (Å²) in [4.78, 5) is 0. The van der Waals surface area contributed by atoms with Crippen LogP contribution in [0.3, 0.4) is 0 Å². The van der Waals surface area contributed by atoms with Crippen LogP contribution in [0.4, 0.5) is 0 Å². The molecule has 2 rings (SSSR count). The Kier molecular flexibility index (Phi) is 5.33. The minimum Gasteiger partial charge on any atom is -0.495 e. The molecule has 0 spiro atoms. The molecule has 2 aromatic rings. The van der Waals surface area contributed by atoms with E-state index in [1.165, 1.54) is 0 Å². The Labute approximate surface area is 137 Å². The number of hydrogen-bond donors (Lipinski definition) is 1. The fourth-order valence-corrected chi connectivity index (χ4v) is 2.99. The van der Waals surface area contributed by atoms with Gasteiger partial charge in [0, 0.05) is 4.47 Å². The van der Waals surface area contributed by atoms with E-state index >= 15 is 0 Å². The van der Waals surface area contributed by atoms with Crippen LogP contribution in [0.15, 0.2) is 40.9 Å². The van der Waals surface area contributed by atoms with Crippen LogP contribution in [-0.2, 0) is 0 Å². The third kappa shape index (κ3) is 3.12. The van der Waals surface area contributed by atoms with Crippen LogP contribution in [0.25, 0.3) is 0 Å². The monoisotopic (exact) mass is 373 g/mol. The van der Waals surface area contributed by atoms with Crippen molar-refractivity contribution >= 4 is 39.1 Å². The number of methoxy groups -OCH3 is 1. The van der Waals surface area contributed by atoms with Crippen molar-refractivity contribution < 1.29 is 4.74 Å². The van der Waals surface area contributed by atoms with Crippen molar-refractivity contribution in [2.45, 2.75) is 6.04 Å². The quantitative estimate of drug-likeness (QED) is 0.806. The van der Waals surface area contributed by atoms with E-state index in [4.69, 9.17) is 27.9 Å². The number of halogens is 3. The van der Waals surface area contributed by atoms with Gasteiger partial charge < -0.3 is 10.1 Å². The number of hydrogen-bond acceptors (Lipinski definition) is 2. The zero-order chi connectivity index (χ0) is 14.7. The number of nitrogens with one attached hydrogen (secondary N) is 1. The average Bonchev–Trinajstić information content (AvgIpc) is 2.44. The molecule has 5 heteroatoms. The first kappa shape index (κ1) is 15.6. The van der Waals surface area contributed by atoms with Crippen LogP contribution < -0.4 is 10.1 Å². The maximum Gasteiger partial charge on any atom is 0.137 e. The summed E-state index contributed by atoms with van der Waals surface area (Å²) in [6.45, 7) is 0. The number of rotatable bonds is 4. The Morgan fingerprint density at radius 2 is 1.95 bits per heavy atom. The first-order valence-electron chi connectivity index (χ1n) is 6.03. The Balaban J connectivity index is 2.47. The molecule has 0 amide bonds. The van der Waals surface area contributed by atoms with Gasteiger partial charge in [-0.15, -0.1) is 0 Å². The fourth-order valence-electron chi connectivity index (χ4n) is 2.11. The molecule has 0 saturated heterocycles. The summed E-state index contributed by atoms with van der Waals surface area (Å²) >= 11 is 16.0. The summed E-state index contributed by atoms with van der Waals surface area (Å²) in [5.41, 5.74) is 2.02. The molecule has 1 unspecified atom stereocenters. The molecule has 0 radical (unpaired) electrons. The molecule has 1 N–H and O–H groups in total. The highest BCUT2D eigenvalue weighted by Gasteiger charge is 2.17. The van der Waals surface area contributed by atoms with Gasteiger partial charge in [0.25, 0.3) is 0 Å². The zero-order valence-corrected chi connectivity index (χ0v) is 14.2. The predicted molar refractivity (Wildman–Crippen MR) is 88.1 cm³/mol. The summed E-state index contributed by atoms with van der Waals surface area (Å²) < 4.78 is 6.05. The second-order valence-electron chi connectivity index (χ2n) is 4.26. The lowest BCUT2D eigenvalue weighted by Crippen LogP contribution is -2.18. The lowest BCUT2D eigenvalue weighted by atomic mass is 9.98. The molecular formula is C15H14BrCl2NO. The molecule has 0 heterocycles. The summed E-state index contributed by atoms with van der Waals surface area (Å²) in [5, 5.41) is 4.54. The molecule has 0 aliphatic heterocycles. The van der Waals surface area contributed by atoms with Crippen LogP contribution in [0.5, 0.6) is 5.75 Å². The van der Waals surface area contributed by atoms with E-state index in [0.29, 0.717) is 15.8 Å². The van der Waals surface area contributed by atoms with Crippen molar-refractivity contribution in [2.24, 2.45) is 0 Å². The summed E-state index contributed by atoms with van der Waals surface area (Å²) in [7, 11) is 3.49. The van der Waals surface area contributed by atoms with Gasteiger partial charge in [-0.1, -0.05) is 41.4 Å². The highest BCUT2D eigenvalue weighted by Crippen LogP contribution is 2.35. The second kappa shape index (κ2) is 6.81. The minimum atomic E-state index is -0.0385. The summed E-state index contributed by atoms with van der Waals surface area (Å²) in [6.07, 6.45) is 0. The van der Waals surface area contributed by atoms with E-state index in [1.54, 1.807) is 7.11 Å². The fraction of sp³-hybridized carbons (Fsp3) is 0.200. The predicted octanol–water partition coefficient (Wildman–Crippen LogP) is 5.07. The van der Waals surface area contributed by atoms with Gasteiger partial charge in [-0.25, -0.2) is 0 Å². The van der Waals surface area contributed by atoms with E-state index in [1.807, 2.05) is 43.4 Å². The van der Waals surface area contributed by atoms with Crippen LogP contribution in [0.1, 0.15) is 17.2 Å². The minimum absolute atomic E-state index is 0.0385. The van der Waals surface area contributed by atoms with Gasteiger partial charge in [-0.3, -0.25) is 0 Å². The van der Waals surface area contributed by atoms with Crippen LogP contribution in [-0.4, -0.2) is 14.2 Å². The number of benzene rings is 2.